The predicted molar refractivity (Wildman–Crippen MR) is 103 cm³/mol. The van der Waals surface area contributed by atoms with Gasteiger partial charge in [0.05, 0.1) is 18.5 Å². The summed E-state index contributed by atoms with van der Waals surface area (Å²) >= 11 is 0. The predicted octanol–water partition coefficient (Wildman–Crippen LogP) is 3.74. The van der Waals surface area contributed by atoms with Gasteiger partial charge < -0.3 is 25.2 Å². The highest BCUT2D eigenvalue weighted by Gasteiger charge is 2.29. The molecule has 1 aromatic heterocycles. The largest absolute Gasteiger partial charge is 0.493 e. The Kier molecular flexibility index (Phi) is 5.39. The molecule has 0 radical (unpaired) electrons. The minimum absolute atomic E-state index is 0.322. The molecule has 8 nitrogen and oxygen atoms in total. The molecule has 1 unspecified atom stereocenters. The van der Waals surface area contributed by atoms with E-state index in [2.05, 4.69) is 22.5 Å². The zero-order chi connectivity index (χ0) is 20.3. The topological polar surface area (TPSA) is 110 Å². The van der Waals surface area contributed by atoms with E-state index in [0.717, 1.165) is 17.7 Å². The summed E-state index contributed by atoms with van der Waals surface area (Å²) in [5.74, 6) is 1.73. The first kappa shape index (κ1) is 19.5. The fourth-order valence-electron chi connectivity index (χ4n) is 2.95. The van der Waals surface area contributed by atoms with Crippen molar-refractivity contribution in [2.75, 3.05) is 11.9 Å². The van der Waals surface area contributed by atoms with E-state index < -0.39 is 17.5 Å². The number of anilines is 1. The molecule has 3 N–H and O–H groups in total. The van der Waals surface area contributed by atoms with Crippen molar-refractivity contribution in [2.45, 2.75) is 38.6 Å². The molecule has 2 aromatic rings. The van der Waals surface area contributed by atoms with E-state index in [1.165, 1.54) is 20.0 Å². The van der Waals surface area contributed by atoms with Crippen LogP contribution >= 0.6 is 0 Å². The number of carboxylic acid groups (broad SMARTS) is 1. The van der Waals surface area contributed by atoms with E-state index in [9.17, 15) is 9.59 Å². The van der Waals surface area contributed by atoms with Gasteiger partial charge in [0.15, 0.2) is 0 Å². The van der Waals surface area contributed by atoms with Gasteiger partial charge in [-0.2, -0.15) is 0 Å². The number of aromatic nitrogens is 1. The van der Waals surface area contributed by atoms with Crippen LogP contribution in [0.25, 0.3) is 0 Å². The number of carbonyl (C=O) groups excluding carboxylic acids is 1. The van der Waals surface area contributed by atoms with Crippen LogP contribution in [-0.4, -0.2) is 34.2 Å². The van der Waals surface area contributed by atoms with Crippen molar-refractivity contribution in [3.63, 3.8) is 0 Å². The number of benzene rings is 1. The van der Waals surface area contributed by atoms with Crippen LogP contribution in [0.4, 0.5) is 10.5 Å². The number of rotatable bonds is 5. The van der Waals surface area contributed by atoms with Crippen LogP contribution in [0.2, 0.25) is 0 Å². The number of amides is 2. The van der Waals surface area contributed by atoms with Crippen LogP contribution in [0.5, 0.6) is 17.4 Å². The van der Waals surface area contributed by atoms with Crippen molar-refractivity contribution >= 4 is 17.7 Å². The molecule has 2 heterocycles. The molecule has 148 valence electrons. The smallest absolute Gasteiger partial charge is 0.405 e. The van der Waals surface area contributed by atoms with Gasteiger partial charge in [-0.25, -0.2) is 9.78 Å². The van der Waals surface area contributed by atoms with Gasteiger partial charge in [-0.15, -0.1) is 0 Å². The minimum Gasteiger partial charge on any atom is -0.493 e. The van der Waals surface area contributed by atoms with Crippen LogP contribution in [0.3, 0.4) is 0 Å². The molecule has 1 aliphatic rings. The van der Waals surface area contributed by atoms with Gasteiger partial charge >= 0.3 is 6.09 Å². The second kappa shape index (κ2) is 7.75. The van der Waals surface area contributed by atoms with Crippen molar-refractivity contribution in [1.29, 1.82) is 0 Å². The zero-order valence-corrected chi connectivity index (χ0v) is 16.0. The number of carbonyl (C=O) groups is 2. The lowest BCUT2D eigenvalue weighted by molar-refractivity contribution is -0.121. The van der Waals surface area contributed by atoms with Gasteiger partial charge in [0.25, 0.3) is 0 Å². The van der Waals surface area contributed by atoms with Gasteiger partial charge in [-0.1, -0.05) is 13.0 Å². The highest BCUT2D eigenvalue weighted by molar-refractivity contribution is 5.99. The van der Waals surface area contributed by atoms with E-state index in [-0.39, 0.29) is 0 Å². The van der Waals surface area contributed by atoms with Crippen molar-refractivity contribution in [3.8, 4) is 17.4 Å². The number of pyridine rings is 1. The molecule has 1 atom stereocenters. The van der Waals surface area contributed by atoms with Crippen LogP contribution < -0.4 is 20.1 Å². The van der Waals surface area contributed by atoms with Gasteiger partial charge in [0.1, 0.15) is 17.0 Å². The molecule has 2 amide bonds. The van der Waals surface area contributed by atoms with E-state index >= 15 is 0 Å². The number of nitrogens with zero attached hydrogens (tertiary/aromatic N) is 1. The molecular weight excluding hydrogens is 362 g/mol. The maximum absolute atomic E-state index is 12.2. The zero-order valence-electron chi connectivity index (χ0n) is 16.0. The first-order chi connectivity index (χ1) is 13.3. The van der Waals surface area contributed by atoms with Gasteiger partial charge in [0, 0.05) is 11.6 Å². The van der Waals surface area contributed by atoms with Crippen molar-refractivity contribution in [2.24, 2.45) is 0 Å². The number of hydrogen-bond acceptors (Lipinski definition) is 5. The Balaban J connectivity index is 1.71. The Morgan fingerprint density at radius 3 is 2.75 bits per heavy atom. The maximum Gasteiger partial charge on any atom is 0.405 e. The quantitative estimate of drug-likeness (QED) is 0.723. The summed E-state index contributed by atoms with van der Waals surface area (Å²) in [7, 11) is 0. The molecule has 0 spiro atoms. The van der Waals surface area contributed by atoms with E-state index in [4.69, 9.17) is 14.6 Å². The third kappa shape index (κ3) is 4.33. The molecule has 0 saturated carbocycles. The van der Waals surface area contributed by atoms with Crippen LogP contribution in [0.1, 0.15) is 38.7 Å². The first-order valence-electron chi connectivity index (χ1n) is 8.98. The van der Waals surface area contributed by atoms with E-state index in [0.29, 0.717) is 29.8 Å². The second-order valence-electron chi connectivity index (χ2n) is 7.20. The highest BCUT2D eigenvalue weighted by Crippen LogP contribution is 2.41. The molecule has 3 rings (SSSR count). The Morgan fingerprint density at radius 2 is 2.07 bits per heavy atom. The SMILES string of the molecule is CC1CCOc2cccc(Oc3ccc(NC(=O)C(C)(C)NC(=O)O)cn3)c21. The molecule has 0 fully saturated rings. The number of hydrogen-bond donors (Lipinski definition) is 3. The summed E-state index contributed by atoms with van der Waals surface area (Å²) in [6.45, 7) is 5.77. The lowest BCUT2D eigenvalue weighted by Gasteiger charge is -2.25. The van der Waals surface area contributed by atoms with Crippen LogP contribution in [0.15, 0.2) is 36.5 Å². The number of fused-ring (bicyclic) bond motifs is 1. The third-order valence-corrected chi connectivity index (χ3v) is 4.52. The standard InChI is InChI=1S/C20H23N3O5/c1-12-9-10-27-14-5-4-6-15(17(12)14)28-16-8-7-13(11-21-16)22-18(24)20(2,3)23-19(25)26/h4-8,11-12,23H,9-10H2,1-3H3,(H,22,24)(H,25,26). The Hall–Kier alpha value is -3.29. The van der Waals surface area contributed by atoms with Gasteiger partial charge in [0.2, 0.25) is 11.8 Å². The average Bonchev–Trinajstić information content (AvgIpc) is 2.62. The molecule has 0 aliphatic carbocycles. The van der Waals surface area contributed by atoms with Crippen LogP contribution in [0, 0.1) is 0 Å². The summed E-state index contributed by atoms with van der Waals surface area (Å²) in [6, 6.07) is 8.96. The summed E-state index contributed by atoms with van der Waals surface area (Å²) in [4.78, 5) is 27.2. The number of ether oxygens (including phenoxy) is 2. The summed E-state index contributed by atoms with van der Waals surface area (Å²) in [5, 5.41) is 13.6. The van der Waals surface area contributed by atoms with Gasteiger partial charge in [-0.05, 0) is 44.4 Å². The Bertz CT molecular complexity index is 880. The summed E-state index contributed by atoms with van der Waals surface area (Å²) < 4.78 is 11.6. The molecular formula is C20H23N3O5. The first-order valence-corrected chi connectivity index (χ1v) is 8.98. The molecule has 0 bridgehead atoms. The average molecular weight is 385 g/mol. The fraction of sp³-hybridized carbons (Fsp3) is 0.350. The van der Waals surface area contributed by atoms with E-state index in [1.807, 2.05) is 18.2 Å². The summed E-state index contributed by atoms with van der Waals surface area (Å²) in [5.41, 5.74) is 0.180. The molecule has 1 aliphatic heterocycles. The second-order valence-corrected chi connectivity index (χ2v) is 7.20. The lowest BCUT2D eigenvalue weighted by Crippen LogP contribution is -2.51. The molecule has 8 heteroatoms. The van der Waals surface area contributed by atoms with E-state index in [1.54, 1.807) is 12.1 Å². The normalized spacial score (nSPS) is 15.8. The summed E-state index contributed by atoms with van der Waals surface area (Å²) in [6.07, 6.45) is 1.11. The van der Waals surface area contributed by atoms with Crippen molar-refractivity contribution in [1.82, 2.24) is 10.3 Å². The minimum atomic E-state index is -1.28. The van der Waals surface area contributed by atoms with Crippen molar-refractivity contribution < 1.29 is 24.2 Å². The maximum atomic E-state index is 12.2. The Labute approximate surface area is 162 Å². The number of nitrogens with one attached hydrogen (secondary N) is 2. The van der Waals surface area contributed by atoms with Gasteiger partial charge in [-0.3, -0.25) is 4.79 Å². The molecule has 28 heavy (non-hydrogen) atoms. The molecule has 1 aromatic carbocycles. The van der Waals surface area contributed by atoms with Crippen LogP contribution in [-0.2, 0) is 4.79 Å². The Morgan fingerprint density at radius 1 is 1.29 bits per heavy atom. The lowest BCUT2D eigenvalue weighted by atomic mass is 9.94. The molecule has 0 saturated heterocycles. The monoisotopic (exact) mass is 385 g/mol. The van der Waals surface area contributed by atoms with Crippen molar-refractivity contribution in [3.05, 3.63) is 42.1 Å². The fourth-order valence-corrected chi connectivity index (χ4v) is 2.95. The highest BCUT2D eigenvalue weighted by atomic mass is 16.5. The third-order valence-electron chi connectivity index (χ3n) is 4.52.